The van der Waals surface area contributed by atoms with Crippen molar-refractivity contribution >= 4 is 33.3 Å². The van der Waals surface area contributed by atoms with Gasteiger partial charge in [-0.25, -0.2) is 13.2 Å². The number of aryl methyl sites for hydroxylation is 4. The second-order valence-corrected chi connectivity index (χ2v) is 11.3. The van der Waals surface area contributed by atoms with Crippen LogP contribution in [0, 0.1) is 20.8 Å². The molecule has 0 aliphatic carbocycles. The number of nitrogens with one attached hydrogen (secondary N) is 1. The Balaban J connectivity index is 1.30. The van der Waals surface area contributed by atoms with Crippen LogP contribution in [0.4, 0.5) is 11.4 Å². The minimum atomic E-state index is -3.75. The number of rotatable bonds is 8. The molecule has 0 bridgehead atoms. The van der Waals surface area contributed by atoms with Crippen LogP contribution in [0.2, 0.25) is 0 Å². The number of fused-ring (bicyclic) bond motifs is 1. The molecule has 37 heavy (non-hydrogen) atoms. The molecule has 194 valence electrons. The van der Waals surface area contributed by atoms with E-state index in [1.54, 1.807) is 0 Å². The van der Waals surface area contributed by atoms with Gasteiger partial charge in [0.15, 0.2) is 0 Å². The Bertz CT molecular complexity index is 1390. The summed E-state index contributed by atoms with van der Waals surface area (Å²) in [5, 5.41) is 2.94. The molecule has 7 nitrogen and oxygen atoms in total. The molecule has 0 aromatic heterocycles. The van der Waals surface area contributed by atoms with Gasteiger partial charge in [-0.1, -0.05) is 35.9 Å². The Kier molecular flexibility index (Phi) is 7.97. The number of esters is 1. The lowest BCUT2D eigenvalue weighted by molar-refractivity contribution is -0.116. The van der Waals surface area contributed by atoms with Crippen LogP contribution in [-0.2, 0) is 26.0 Å². The van der Waals surface area contributed by atoms with E-state index in [2.05, 4.69) is 5.32 Å². The Morgan fingerprint density at radius 1 is 0.973 bits per heavy atom. The van der Waals surface area contributed by atoms with Crippen molar-refractivity contribution in [3.05, 3.63) is 88.5 Å². The molecule has 3 aromatic rings. The number of ether oxygens (including phenoxy) is 1. The number of benzene rings is 3. The summed E-state index contributed by atoms with van der Waals surface area (Å²) in [6.45, 7) is 6.43. The van der Waals surface area contributed by atoms with Crippen LogP contribution in [0.1, 0.15) is 51.9 Å². The van der Waals surface area contributed by atoms with E-state index in [1.807, 2.05) is 57.2 Å². The third-order valence-corrected chi connectivity index (χ3v) is 8.30. The first-order valence-electron chi connectivity index (χ1n) is 12.4. The van der Waals surface area contributed by atoms with Crippen molar-refractivity contribution < 1.29 is 22.7 Å². The number of sulfonamides is 1. The average Bonchev–Trinajstić information content (AvgIpc) is 2.88. The summed E-state index contributed by atoms with van der Waals surface area (Å²) in [4.78, 5) is 24.9. The van der Waals surface area contributed by atoms with Crippen molar-refractivity contribution in [2.45, 2.75) is 51.3 Å². The Labute approximate surface area is 218 Å². The van der Waals surface area contributed by atoms with Crippen molar-refractivity contribution in [1.29, 1.82) is 0 Å². The molecule has 0 spiro atoms. The zero-order valence-electron chi connectivity index (χ0n) is 21.4. The quantitative estimate of drug-likeness (QED) is 0.320. The van der Waals surface area contributed by atoms with Crippen LogP contribution < -0.4 is 9.62 Å². The largest absolute Gasteiger partial charge is 0.462 e. The summed E-state index contributed by atoms with van der Waals surface area (Å²) in [5.74, 6) is -0.696. The number of para-hydroxylation sites is 1. The van der Waals surface area contributed by atoms with Gasteiger partial charge in [-0.2, -0.15) is 0 Å². The molecule has 1 heterocycles. The van der Waals surface area contributed by atoms with Gasteiger partial charge in [0.2, 0.25) is 5.91 Å². The highest BCUT2D eigenvalue weighted by Crippen LogP contribution is 2.31. The van der Waals surface area contributed by atoms with Crippen molar-refractivity contribution in [3.63, 3.8) is 0 Å². The van der Waals surface area contributed by atoms with E-state index >= 15 is 0 Å². The van der Waals surface area contributed by atoms with Crippen LogP contribution in [0.25, 0.3) is 0 Å². The van der Waals surface area contributed by atoms with Gasteiger partial charge < -0.3 is 10.1 Å². The lowest BCUT2D eigenvalue weighted by Crippen LogP contribution is -2.35. The van der Waals surface area contributed by atoms with E-state index in [0.717, 1.165) is 40.8 Å². The predicted molar refractivity (Wildman–Crippen MR) is 145 cm³/mol. The second-order valence-electron chi connectivity index (χ2n) is 9.40. The maximum atomic E-state index is 13.3. The topological polar surface area (TPSA) is 92.8 Å². The van der Waals surface area contributed by atoms with Gasteiger partial charge in [0, 0.05) is 18.7 Å². The van der Waals surface area contributed by atoms with Gasteiger partial charge in [0.05, 0.1) is 22.8 Å². The average molecular weight is 521 g/mol. The van der Waals surface area contributed by atoms with E-state index < -0.39 is 16.0 Å². The Hall–Kier alpha value is -3.65. The third-order valence-electron chi connectivity index (χ3n) is 6.47. The monoisotopic (exact) mass is 520 g/mol. The van der Waals surface area contributed by atoms with Gasteiger partial charge in [-0.3, -0.25) is 9.10 Å². The van der Waals surface area contributed by atoms with E-state index in [4.69, 9.17) is 4.74 Å². The minimum absolute atomic E-state index is 0.0860. The fourth-order valence-corrected chi connectivity index (χ4v) is 6.24. The number of carbonyl (C=O) groups is 2. The molecule has 0 fully saturated rings. The standard InChI is InChI=1S/C29H32N2O5S/c1-20-18-21(2)28(22(3)19-20)30-27(32)11-7-17-36-29(33)24-12-14-25(15-13-24)37(34,35)31-16-6-9-23-8-4-5-10-26(23)31/h4-5,8,10,12-15,18-19H,6-7,9,11,16-17H2,1-3H3,(H,30,32). The zero-order chi connectivity index (χ0) is 26.6. The van der Waals surface area contributed by atoms with Gasteiger partial charge in [0.1, 0.15) is 0 Å². The molecule has 1 aliphatic heterocycles. The summed E-state index contributed by atoms with van der Waals surface area (Å²) < 4.78 is 33.3. The molecule has 1 N–H and O–H groups in total. The molecule has 4 rings (SSSR count). The molecule has 1 aliphatic rings. The number of nitrogens with zero attached hydrogens (tertiary/aromatic N) is 1. The van der Waals surface area contributed by atoms with Crippen LogP contribution >= 0.6 is 0 Å². The lowest BCUT2D eigenvalue weighted by atomic mass is 10.0. The molecule has 0 radical (unpaired) electrons. The summed E-state index contributed by atoms with van der Waals surface area (Å²) >= 11 is 0. The highest BCUT2D eigenvalue weighted by molar-refractivity contribution is 7.92. The predicted octanol–water partition coefficient (Wildman–Crippen LogP) is 5.33. The second kappa shape index (κ2) is 11.2. The number of carbonyl (C=O) groups excluding carboxylic acids is 2. The summed E-state index contributed by atoms with van der Waals surface area (Å²) in [6.07, 6.45) is 2.19. The summed E-state index contributed by atoms with van der Waals surface area (Å²) in [5.41, 5.74) is 5.94. The van der Waals surface area contributed by atoms with Crippen LogP contribution in [0.5, 0.6) is 0 Å². The smallest absolute Gasteiger partial charge is 0.338 e. The molecular weight excluding hydrogens is 488 g/mol. The van der Waals surface area contributed by atoms with E-state index in [1.165, 1.54) is 28.6 Å². The highest BCUT2D eigenvalue weighted by atomic mass is 32.2. The van der Waals surface area contributed by atoms with E-state index in [0.29, 0.717) is 18.7 Å². The summed E-state index contributed by atoms with van der Waals surface area (Å²) in [6, 6.07) is 17.3. The lowest BCUT2D eigenvalue weighted by Gasteiger charge is -2.30. The molecular formula is C29H32N2O5S. The maximum absolute atomic E-state index is 13.3. The zero-order valence-corrected chi connectivity index (χ0v) is 22.2. The number of amides is 1. The van der Waals surface area contributed by atoms with Crippen molar-refractivity contribution in [3.8, 4) is 0 Å². The Morgan fingerprint density at radius 2 is 1.65 bits per heavy atom. The minimum Gasteiger partial charge on any atom is -0.462 e. The first-order chi connectivity index (χ1) is 17.7. The molecule has 3 aromatic carbocycles. The highest BCUT2D eigenvalue weighted by Gasteiger charge is 2.29. The Morgan fingerprint density at radius 3 is 2.35 bits per heavy atom. The normalized spacial score (nSPS) is 13.1. The number of anilines is 2. The van der Waals surface area contributed by atoms with Crippen LogP contribution in [0.15, 0.2) is 65.6 Å². The number of hydrogen-bond donors (Lipinski definition) is 1. The van der Waals surface area contributed by atoms with Crippen LogP contribution in [-0.4, -0.2) is 33.4 Å². The van der Waals surface area contributed by atoms with Gasteiger partial charge in [0.25, 0.3) is 10.0 Å². The van der Waals surface area contributed by atoms with Gasteiger partial charge in [-0.15, -0.1) is 0 Å². The first-order valence-corrected chi connectivity index (χ1v) is 13.9. The maximum Gasteiger partial charge on any atom is 0.338 e. The third kappa shape index (κ3) is 6.02. The van der Waals surface area contributed by atoms with E-state index in [-0.39, 0.29) is 29.4 Å². The molecule has 0 unspecified atom stereocenters. The fourth-order valence-electron chi connectivity index (χ4n) is 4.70. The molecule has 1 amide bonds. The van der Waals surface area contributed by atoms with Crippen molar-refractivity contribution in [2.24, 2.45) is 0 Å². The van der Waals surface area contributed by atoms with Crippen molar-refractivity contribution in [2.75, 3.05) is 22.8 Å². The molecule has 0 saturated carbocycles. The SMILES string of the molecule is Cc1cc(C)c(NC(=O)CCCOC(=O)c2ccc(S(=O)(=O)N3CCCc4ccccc43)cc2)c(C)c1. The molecule has 0 atom stereocenters. The molecule has 8 heteroatoms. The van der Waals surface area contributed by atoms with Gasteiger partial charge >= 0.3 is 5.97 Å². The molecule has 0 saturated heterocycles. The first kappa shape index (κ1) is 26.4. The summed E-state index contributed by atoms with van der Waals surface area (Å²) in [7, 11) is -3.75. The van der Waals surface area contributed by atoms with Crippen molar-refractivity contribution in [1.82, 2.24) is 0 Å². The fraction of sp³-hybridized carbons (Fsp3) is 0.310. The van der Waals surface area contributed by atoms with Crippen LogP contribution in [0.3, 0.4) is 0 Å². The van der Waals surface area contributed by atoms with Gasteiger partial charge in [-0.05, 0) is 87.1 Å². The number of hydrogen-bond acceptors (Lipinski definition) is 5. The van der Waals surface area contributed by atoms with E-state index in [9.17, 15) is 18.0 Å².